The van der Waals surface area contributed by atoms with Crippen LogP contribution in [-0.4, -0.2) is 22.9 Å². The van der Waals surface area contributed by atoms with E-state index < -0.39 is 11.8 Å². The van der Waals surface area contributed by atoms with E-state index in [4.69, 9.17) is 14.2 Å². The Hall–Kier alpha value is -2.34. The number of hydrogen-bond acceptors (Lipinski definition) is 5. The second-order valence-corrected chi connectivity index (χ2v) is 5.41. The van der Waals surface area contributed by atoms with E-state index in [1.165, 1.54) is 6.26 Å². The SMILES string of the molecule is O=C(OCC1=COC(CBr)(c2ccccn2)O1)c1ccccc1. The molecule has 0 amide bonds. The van der Waals surface area contributed by atoms with Gasteiger partial charge in [-0.05, 0) is 24.3 Å². The number of hydrogen-bond donors (Lipinski definition) is 0. The summed E-state index contributed by atoms with van der Waals surface area (Å²) in [6.45, 7) is -0.00465. The molecule has 118 valence electrons. The molecule has 1 aliphatic heterocycles. The van der Waals surface area contributed by atoms with E-state index in [1.54, 1.807) is 30.5 Å². The molecule has 1 aromatic carbocycles. The molecule has 2 aromatic rings. The standard InChI is InChI=1S/C17H14BrNO4/c18-12-17(15-8-4-5-9-19-15)22-11-14(23-17)10-21-16(20)13-6-2-1-3-7-13/h1-9,11H,10,12H2. The van der Waals surface area contributed by atoms with Crippen molar-refractivity contribution >= 4 is 21.9 Å². The third kappa shape index (κ3) is 3.37. The maximum absolute atomic E-state index is 11.9. The number of benzene rings is 1. The Morgan fingerprint density at radius 2 is 1.96 bits per heavy atom. The number of halogens is 1. The second kappa shape index (κ2) is 6.83. The number of pyridine rings is 1. The van der Waals surface area contributed by atoms with Crippen molar-refractivity contribution in [2.45, 2.75) is 5.79 Å². The first-order valence-corrected chi connectivity index (χ1v) is 8.11. The summed E-state index contributed by atoms with van der Waals surface area (Å²) in [5, 5.41) is 0.393. The first-order valence-electron chi connectivity index (χ1n) is 6.99. The van der Waals surface area contributed by atoms with Crippen molar-refractivity contribution in [1.82, 2.24) is 4.98 Å². The molecule has 0 spiro atoms. The van der Waals surface area contributed by atoms with Crippen LogP contribution >= 0.6 is 15.9 Å². The quantitative estimate of drug-likeness (QED) is 0.592. The van der Waals surface area contributed by atoms with Gasteiger partial charge in [0.15, 0.2) is 12.4 Å². The van der Waals surface area contributed by atoms with Crippen molar-refractivity contribution in [2.24, 2.45) is 0 Å². The fourth-order valence-electron chi connectivity index (χ4n) is 2.11. The Morgan fingerprint density at radius 1 is 1.17 bits per heavy atom. The predicted octanol–water partition coefficient (Wildman–Crippen LogP) is 3.37. The fourth-order valence-corrected chi connectivity index (χ4v) is 2.64. The topological polar surface area (TPSA) is 57.7 Å². The third-order valence-electron chi connectivity index (χ3n) is 3.26. The Morgan fingerprint density at radius 3 is 2.65 bits per heavy atom. The lowest BCUT2D eigenvalue weighted by atomic mass is 10.2. The Balaban J connectivity index is 1.62. The first kappa shape index (κ1) is 15.6. The normalized spacial score (nSPS) is 19.4. The highest BCUT2D eigenvalue weighted by atomic mass is 79.9. The molecule has 0 fully saturated rings. The van der Waals surface area contributed by atoms with Crippen LogP contribution in [0.25, 0.3) is 0 Å². The van der Waals surface area contributed by atoms with Crippen LogP contribution in [0.2, 0.25) is 0 Å². The molecule has 23 heavy (non-hydrogen) atoms. The summed E-state index contributed by atoms with van der Waals surface area (Å²) < 4.78 is 16.7. The van der Waals surface area contributed by atoms with Crippen molar-refractivity contribution in [3.05, 3.63) is 78.0 Å². The summed E-state index contributed by atoms with van der Waals surface area (Å²) >= 11 is 3.38. The van der Waals surface area contributed by atoms with Gasteiger partial charge in [-0.1, -0.05) is 40.2 Å². The minimum Gasteiger partial charge on any atom is -0.454 e. The average molecular weight is 376 g/mol. The zero-order valence-corrected chi connectivity index (χ0v) is 13.7. The lowest BCUT2D eigenvalue weighted by Gasteiger charge is -2.25. The largest absolute Gasteiger partial charge is 0.454 e. The van der Waals surface area contributed by atoms with Crippen molar-refractivity contribution < 1.29 is 19.0 Å². The maximum atomic E-state index is 11.9. The van der Waals surface area contributed by atoms with Crippen molar-refractivity contribution in [1.29, 1.82) is 0 Å². The monoisotopic (exact) mass is 375 g/mol. The number of carbonyl (C=O) groups is 1. The summed E-state index contributed by atoms with van der Waals surface area (Å²) in [6.07, 6.45) is 3.12. The summed E-state index contributed by atoms with van der Waals surface area (Å²) in [4.78, 5) is 16.2. The number of aromatic nitrogens is 1. The minimum atomic E-state index is -1.03. The van der Waals surface area contributed by atoms with Crippen LogP contribution in [0.5, 0.6) is 0 Å². The van der Waals surface area contributed by atoms with Gasteiger partial charge in [-0.3, -0.25) is 4.98 Å². The minimum absolute atomic E-state index is 0.00465. The number of esters is 1. The molecule has 0 radical (unpaired) electrons. The van der Waals surface area contributed by atoms with Crippen LogP contribution in [0.15, 0.2) is 66.7 Å². The molecule has 1 aliphatic rings. The molecule has 6 heteroatoms. The van der Waals surface area contributed by atoms with Gasteiger partial charge in [-0.2, -0.15) is 0 Å². The summed E-state index contributed by atoms with van der Waals surface area (Å²) in [5.74, 6) is -1.01. The van der Waals surface area contributed by atoms with Gasteiger partial charge in [0.25, 0.3) is 0 Å². The number of ether oxygens (including phenoxy) is 3. The van der Waals surface area contributed by atoms with Gasteiger partial charge >= 0.3 is 11.8 Å². The second-order valence-electron chi connectivity index (χ2n) is 4.85. The van der Waals surface area contributed by atoms with Gasteiger partial charge in [0.2, 0.25) is 0 Å². The summed E-state index contributed by atoms with van der Waals surface area (Å²) in [6, 6.07) is 14.3. The molecule has 2 heterocycles. The molecule has 5 nitrogen and oxygen atoms in total. The van der Waals surface area contributed by atoms with Crippen molar-refractivity contribution in [3.63, 3.8) is 0 Å². The van der Waals surface area contributed by atoms with E-state index in [-0.39, 0.29) is 6.61 Å². The van der Waals surface area contributed by atoms with Crippen LogP contribution in [0.4, 0.5) is 0 Å². The van der Waals surface area contributed by atoms with Gasteiger partial charge in [0.05, 0.1) is 10.9 Å². The van der Waals surface area contributed by atoms with E-state index in [9.17, 15) is 4.79 Å². The van der Waals surface area contributed by atoms with E-state index in [0.29, 0.717) is 22.3 Å². The van der Waals surface area contributed by atoms with E-state index in [2.05, 4.69) is 20.9 Å². The predicted molar refractivity (Wildman–Crippen MR) is 86.7 cm³/mol. The summed E-state index contributed by atoms with van der Waals surface area (Å²) in [7, 11) is 0. The van der Waals surface area contributed by atoms with E-state index >= 15 is 0 Å². The van der Waals surface area contributed by atoms with E-state index in [0.717, 1.165) is 0 Å². The Kier molecular flexibility index (Phi) is 4.62. The molecule has 0 saturated heterocycles. The molecule has 1 unspecified atom stereocenters. The maximum Gasteiger partial charge on any atom is 0.338 e. The number of rotatable bonds is 5. The highest BCUT2D eigenvalue weighted by Crippen LogP contribution is 2.36. The van der Waals surface area contributed by atoms with Gasteiger partial charge in [0.1, 0.15) is 12.0 Å². The van der Waals surface area contributed by atoms with Gasteiger partial charge < -0.3 is 14.2 Å². The number of carbonyl (C=O) groups excluding carboxylic acids is 1. The van der Waals surface area contributed by atoms with E-state index in [1.807, 2.05) is 24.3 Å². The smallest absolute Gasteiger partial charge is 0.338 e. The third-order valence-corrected chi connectivity index (χ3v) is 4.00. The first-order chi connectivity index (χ1) is 11.2. The lowest BCUT2D eigenvalue weighted by molar-refractivity contribution is -0.141. The zero-order valence-electron chi connectivity index (χ0n) is 12.1. The molecule has 1 aromatic heterocycles. The van der Waals surface area contributed by atoms with Crippen LogP contribution in [0.3, 0.4) is 0 Å². The van der Waals surface area contributed by atoms with Crippen LogP contribution in [0, 0.1) is 0 Å². The van der Waals surface area contributed by atoms with Gasteiger partial charge in [-0.25, -0.2) is 4.79 Å². The van der Waals surface area contributed by atoms with Crippen LogP contribution in [0.1, 0.15) is 16.1 Å². The molecule has 0 N–H and O–H groups in total. The molecule has 0 bridgehead atoms. The van der Waals surface area contributed by atoms with Crippen LogP contribution in [-0.2, 0) is 20.0 Å². The van der Waals surface area contributed by atoms with Crippen molar-refractivity contribution in [2.75, 3.05) is 11.9 Å². The summed E-state index contributed by atoms with van der Waals surface area (Å²) in [5.41, 5.74) is 1.13. The van der Waals surface area contributed by atoms with Gasteiger partial charge in [0, 0.05) is 6.20 Å². The lowest BCUT2D eigenvalue weighted by Crippen LogP contribution is -2.31. The Bertz CT molecular complexity index is 705. The zero-order chi connectivity index (χ0) is 16.1. The molecular weight excluding hydrogens is 362 g/mol. The molecule has 0 saturated carbocycles. The molecule has 3 rings (SSSR count). The molecule has 0 aliphatic carbocycles. The molecule has 1 atom stereocenters. The molecular formula is C17H14BrNO4. The highest BCUT2D eigenvalue weighted by molar-refractivity contribution is 9.09. The fraction of sp³-hybridized carbons (Fsp3) is 0.176. The van der Waals surface area contributed by atoms with Crippen molar-refractivity contribution in [3.8, 4) is 0 Å². The van der Waals surface area contributed by atoms with Gasteiger partial charge in [-0.15, -0.1) is 0 Å². The Labute approximate surface area is 142 Å². The van der Waals surface area contributed by atoms with Crippen LogP contribution < -0.4 is 0 Å². The number of alkyl halides is 1. The number of nitrogens with zero attached hydrogens (tertiary/aromatic N) is 1. The average Bonchev–Trinajstić information content (AvgIpc) is 3.06. The highest BCUT2D eigenvalue weighted by Gasteiger charge is 2.41.